The summed E-state index contributed by atoms with van der Waals surface area (Å²) >= 11 is 0. The number of aromatic nitrogens is 5. The molecule has 1 saturated heterocycles. The van der Waals surface area contributed by atoms with Crippen LogP contribution in [0.15, 0.2) is 29.0 Å². The van der Waals surface area contributed by atoms with Crippen molar-refractivity contribution >= 4 is 5.91 Å². The van der Waals surface area contributed by atoms with Gasteiger partial charge in [-0.05, 0) is 31.9 Å². The molecule has 3 aromatic rings. The first kappa shape index (κ1) is 20.2. The van der Waals surface area contributed by atoms with Gasteiger partial charge in [0.25, 0.3) is 11.8 Å². The van der Waals surface area contributed by atoms with Crippen molar-refractivity contribution in [2.24, 2.45) is 0 Å². The van der Waals surface area contributed by atoms with Crippen LogP contribution in [0.5, 0.6) is 0 Å². The Hall–Kier alpha value is -3.07. The van der Waals surface area contributed by atoms with E-state index in [1.165, 1.54) is 0 Å². The van der Waals surface area contributed by atoms with Crippen molar-refractivity contribution in [3.8, 4) is 17.3 Å². The third kappa shape index (κ3) is 4.11. The molecule has 9 nitrogen and oxygen atoms in total. The number of amides is 1. The van der Waals surface area contributed by atoms with Crippen molar-refractivity contribution in [1.82, 2.24) is 30.2 Å². The van der Waals surface area contributed by atoms with Gasteiger partial charge in [-0.2, -0.15) is 10.1 Å². The Morgan fingerprint density at radius 3 is 2.90 bits per heavy atom. The molecule has 1 fully saturated rings. The maximum Gasteiger partial charge on any atom is 0.258 e. The molecule has 0 spiro atoms. The summed E-state index contributed by atoms with van der Waals surface area (Å²) in [6, 6.07) is 3.62. The first-order valence-corrected chi connectivity index (χ1v) is 10.1. The standard InChI is InChI=1S/C21H26N6O3/c1-13-16(18(28)23-11-15-6-5-9-29-15)12-24-27(13)17-10-14(7-8-22-17)19-25-20(26-30-19)21(2,3)4/h7-8,10,12,15H,5-6,9,11H2,1-4H3,(H,23,28)/t15-/m0/s1. The van der Waals surface area contributed by atoms with Gasteiger partial charge < -0.3 is 14.6 Å². The molecule has 3 aromatic heterocycles. The Morgan fingerprint density at radius 1 is 1.37 bits per heavy atom. The van der Waals surface area contributed by atoms with E-state index in [9.17, 15) is 4.79 Å². The van der Waals surface area contributed by atoms with E-state index in [2.05, 4.69) is 25.5 Å². The van der Waals surface area contributed by atoms with Crippen LogP contribution in [0.2, 0.25) is 0 Å². The molecule has 1 N–H and O–H groups in total. The smallest absolute Gasteiger partial charge is 0.258 e. The van der Waals surface area contributed by atoms with Gasteiger partial charge in [-0.1, -0.05) is 25.9 Å². The molecule has 158 valence electrons. The molecule has 1 aliphatic rings. The highest BCUT2D eigenvalue weighted by molar-refractivity contribution is 5.95. The van der Waals surface area contributed by atoms with E-state index in [1.54, 1.807) is 23.1 Å². The molecule has 30 heavy (non-hydrogen) atoms. The highest BCUT2D eigenvalue weighted by Crippen LogP contribution is 2.24. The molecule has 0 aromatic carbocycles. The van der Waals surface area contributed by atoms with Gasteiger partial charge in [0.05, 0.1) is 23.6 Å². The van der Waals surface area contributed by atoms with Gasteiger partial charge in [0.1, 0.15) is 0 Å². The van der Waals surface area contributed by atoms with Crippen molar-refractivity contribution in [1.29, 1.82) is 0 Å². The maximum atomic E-state index is 12.6. The zero-order chi connectivity index (χ0) is 21.3. The van der Waals surface area contributed by atoms with Crippen LogP contribution in [0.4, 0.5) is 0 Å². The molecule has 1 aliphatic heterocycles. The number of nitrogens with zero attached hydrogens (tertiary/aromatic N) is 5. The molecule has 0 saturated carbocycles. The normalized spacial score (nSPS) is 16.7. The molecule has 1 atom stereocenters. The fraction of sp³-hybridized carbons (Fsp3) is 0.476. The molecule has 0 bridgehead atoms. The van der Waals surface area contributed by atoms with Gasteiger partial charge >= 0.3 is 0 Å². The molecular weight excluding hydrogens is 384 g/mol. The number of hydrogen-bond acceptors (Lipinski definition) is 7. The number of carbonyl (C=O) groups is 1. The summed E-state index contributed by atoms with van der Waals surface area (Å²) in [5, 5.41) is 11.4. The van der Waals surface area contributed by atoms with Crippen molar-refractivity contribution in [3.63, 3.8) is 0 Å². The number of pyridine rings is 1. The second kappa shape index (κ2) is 7.98. The zero-order valence-electron chi connectivity index (χ0n) is 17.7. The lowest BCUT2D eigenvalue weighted by atomic mass is 9.96. The van der Waals surface area contributed by atoms with E-state index in [1.807, 2.05) is 33.8 Å². The Kier molecular flexibility index (Phi) is 5.38. The molecule has 9 heteroatoms. The largest absolute Gasteiger partial charge is 0.376 e. The second-order valence-electron chi connectivity index (χ2n) is 8.48. The minimum Gasteiger partial charge on any atom is -0.376 e. The average Bonchev–Trinajstić information content (AvgIpc) is 3.46. The lowest BCUT2D eigenvalue weighted by Crippen LogP contribution is -2.32. The van der Waals surface area contributed by atoms with Gasteiger partial charge in [0.2, 0.25) is 0 Å². The molecule has 4 rings (SSSR count). The third-order valence-corrected chi connectivity index (χ3v) is 5.08. The minimum absolute atomic E-state index is 0.0926. The van der Waals surface area contributed by atoms with E-state index >= 15 is 0 Å². The van der Waals surface area contributed by atoms with E-state index in [4.69, 9.17) is 9.26 Å². The maximum absolute atomic E-state index is 12.6. The third-order valence-electron chi connectivity index (χ3n) is 5.08. The quantitative estimate of drug-likeness (QED) is 0.689. The lowest BCUT2D eigenvalue weighted by Gasteiger charge is -2.11. The van der Waals surface area contributed by atoms with Crippen LogP contribution in [0.3, 0.4) is 0 Å². The van der Waals surface area contributed by atoms with E-state index < -0.39 is 0 Å². The fourth-order valence-electron chi connectivity index (χ4n) is 3.28. The van der Waals surface area contributed by atoms with Gasteiger partial charge in [-0.15, -0.1) is 0 Å². The molecule has 0 unspecified atom stereocenters. The van der Waals surface area contributed by atoms with Crippen molar-refractivity contribution < 1.29 is 14.1 Å². The lowest BCUT2D eigenvalue weighted by molar-refractivity contribution is 0.0857. The van der Waals surface area contributed by atoms with Crippen molar-refractivity contribution in [2.45, 2.75) is 52.1 Å². The Balaban J connectivity index is 1.54. The summed E-state index contributed by atoms with van der Waals surface area (Å²) in [6.07, 6.45) is 5.32. The van der Waals surface area contributed by atoms with Crippen LogP contribution < -0.4 is 5.32 Å². The number of hydrogen-bond donors (Lipinski definition) is 1. The van der Waals surface area contributed by atoms with Crippen LogP contribution >= 0.6 is 0 Å². The first-order chi connectivity index (χ1) is 14.3. The van der Waals surface area contributed by atoms with Gasteiger partial charge in [0, 0.05) is 30.3 Å². The Labute approximate surface area is 174 Å². The summed E-state index contributed by atoms with van der Waals surface area (Å²) in [4.78, 5) is 21.5. The van der Waals surface area contributed by atoms with Gasteiger partial charge in [0.15, 0.2) is 11.6 Å². The minimum atomic E-state index is -0.206. The molecule has 4 heterocycles. The van der Waals surface area contributed by atoms with Crippen LogP contribution in [0, 0.1) is 6.92 Å². The van der Waals surface area contributed by atoms with Crippen LogP contribution in [0.1, 0.15) is 55.5 Å². The predicted molar refractivity (Wildman–Crippen MR) is 109 cm³/mol. The molecular formula is C21H26N6O3. The van der Waals surface area contributed by atoms with E-state index in [0.717, 1.165) is 25.0 Å². The predicted octanol–water partition coefficient (Wildman–Crippen LogP) is 2.83. The van der Waals surface area contributed by atoms with E-state index in [-0.39, 0.29) is 17.4 Å². The number of ether oxygens (including phenoxy) is 1. The first-order valence-electron chi connectivity index (χ1n) is 10.1. The highest BCUT2D eigenvalue weighted by Gasteiger charge is 2.23. The molecule has 0 radical (unpaired) electrons. The number of nitrogens with one attached hydrogen (secondary N) is 1. The summed E-state index contributed by atoms with van der Waals surface area (Å²) < 4.78 is 12.6. The topological polar surface area (TPSA) is 108 Å². The average molecular weight is 410 g/mol. The Morgan fingerprint density at radius 2 is 2.20 bits per heavy atom. The molecule has 0 aliphatic carbocycles. The van der Waals surface area contributed by atoms with Crippen molar-refractivity contribution in [3.05, 3.63) is 41.6 Å². The van der Waals surface area contributed by atoms with Gasteiger partial charge in [-0.3, -0.25) is 4.79 Å². The zero-order valence-corrected chi connectivity index (χ0v) is 17.7. The van der Waals surface area contributed by atoms with Crippen molar-refractivity contribution in [2.75, 3.05) is 13.2 Å². The number of rotatable bonds is 5. The highest BCUT2D eigenvalue weighted by atomic mass is 16.5. The van der Waals surface area contributed by atoms with E-state index in [0.29, 0.717) is 35.3 Å². The van der Waals surface area contributed by atoms with Gasteiger partial charge in [-0.25, -0.2) is 9.67 Å². The summed E-state index contributed by atoms with van der Waals surface area (Å²) in [5.41, 5.74) is 1.74. The monoisotopic (exact) mass is 410 g/mol. The second-order valence-corrected chi connectivity index (χ2v) is 8.48. The SMILES string of the molecule is Cc1c(C(=O)NC[C@@H]2CCCO2)cnn1-c1cc(-c2nc(C(C)(C)C)no2)ccn1. The summed E-state index contributed by atoms with van der Waals surface area (Å²) in [7, 11) is 0. The van der Waals surface area contributed by atoms with Crippen LogP contribution in [0.25, 0.3) is 17.3 Å². The summed E-state index contributed by atoms with van der Waals surface area (Å²) in [5.74, 6) is 1.45. The van der Waals surface area contributed by atoms with Crippen LogP contribution in [-0.2, 0) is 10.2 Å². The Bertz CT molecular complexity index is 1040. The molecule has 1 amide bonds. The summed E-state index contributed by atoms with van der Waals surface area (Å²) in [6.45, 7) is 9.18. The van der Waals surface area contributed by atoms with Crippen LogP contribution in [-0.4, -0.2) is 50.1 Å². The fourth-order valence-corrected chi connectivity index (χ4v) is 3.28. The number of carbonyl (C=O) groups excluding carboxylic acids is 1.